The monoisotopic (exact) mass is 498 g/mol. The number of hydrogen-bond donors (Lipinski definition) is 1. The van der Waals surface area contributed by atoms with Crippen molar-refractivity contribution >= 4 is 40.6 Å². The number of rotatable bonds is 7. The van der Waals surface area contributed by atoms with Crippen LogP contribution < -0.4 is 5.32 Å². The molecule has 1 N–H and O–H groups in total. The quantitative estimate of drug-likeness (QED) is 0.276. The van der Waals surface area contributed by atoms with Gasteiger partial charge in [0, 0.05) is 16.8 Å². The lowest BCUT2D eigenvalue weighted by atomic mass is 10.1. The molecule has 0 atom stereocenters. The van der Waals surface area contributed by atoms with E-state index in [0.29, 0.717) is 40.1 Å². The minimum absolute atomic E-state index is 0.0156. The Labute approximate surface area is 205 Å². The highest BCUT2D eigenvalue weighted by atomic mass is 35.5. The predicted octanol–water partition coefficient (Wildman–Crippen LogP) is 5.26. The standard InChI is InChI=1S/C23H20Cl2N6O3/c1-14-21(31(33)34)15(2)30(27-14)11-16-7-9-17(10-8-16)23(32)26-22-20(25)13-29(28-22)12-18-5-3-4-6-19(18)24/h3-10,13H,11-12H2,1-2H3,(H,26,28,32). The number of aryl methyl sites for hydroxylation is 1. The third kappa shape index (κ3) is 4.95. The molecule has 2 heterocycles. The van der Waals surface area contributed by atoms with Gasteiger partial charge in [0.05, 0.1) is 18.0 Å². The number of halogens is 2. The highest BCUT2D eigenvalue weighted by molar-refractivity contribution is 6.33. The van der Waals surface area contributed by atoms with Gasteiger partial charge >= 0.3 is 5.69 Å². The molecule has 0 fully saturated rings. The molecule has 4 aromatic rings. The maximum Gasteiger partial charge on any atom is 0.312 e. The zero-order chi connectivity index (χ0) is 24.4. The zero-order valence-electron chi connectivity index (χ0n) is 18.3. The van der Waals surface area contributed by atoms with E-state index in [0.717, 1.165) is 11.1 Å². The van der Waals surface area contributed by atoms with Gasteiger partial charge in [-0.05, 0) is 43.2 Å². The molecule has 11 heteroatoms. The molecule has 0 aliphatic rings. The van der Waals surface area contributed by atoms with E-state index in [4.69, 9.17) is 23.2 Å². The van der Waals surface area contributed by atoms with Crippen LogP contribution in [0.25, 0.3) is 0 Å². The van der Waals surface area contributed by atoms with E-state index in [-0.39, 0.29) is 17.4 Å². The third-order valence-electron chi connectivity index (χ3n) is 5.31. The van der Waals surface area contributed by atoms with E-state index in [2.05, 4.69) is 15.5 Å². The fourth-order valence-electron chi connectivity index (χ4n) is 3.58. The second-order valence-electron chi connectivity index (χ2n) is 7.70. The van der Waals surface area contributed by atoms with Crippen molar-refractivity contribution in [3.05, 3.63) is 103 Å². The average Bonchev–Trinajstić information content (AvgIpc) is 3.27. The third-order valence-corrected chi connectivity index (χ3v) is 5.96. The number of carbonyl (C=O) groups excluding carboxylic acids is 1. The summed E-state index contributed by atoms with van der Waals surface area (Å²) in [6.07, 6.45) is 1.62. The summed E-state index contributed by atoms with van der Waals surface area (Å²) >= 11 is 12.5. The minimum Gasteiger partial charge on any atom is -0.304 e. The molecule has 4 rings (SSSR count). The molecule has 34 heavy (non-hydrogen) atoms. The van der Waals surface area contributed by atoms with Gasteiger partial charge in [0.15, 0.2) is 5.82 Å². The van der Waals surface area contributed by atoms with Gasteiger partial charge in [-0.1, -0.05) is 53.5 Å². The van der Waals surface area contributed by atoms with Crippen molar-refractivity contribution in [1.29, 1.82) is 0 Å². The van der Waals surface area contributed by atoms with Gasteiger partial charge in [0.25, 0.3) is 5.91 Å². The number of amides is 1. The Kier molecular flexibility index (Phi) is 6.67. The van der Waals surface area contributed by atoms with Gasteiger partial charge in [0.1, 0.15) is 16.4 Å². The average molecular weight is 499 g/mol. The number of nitrogens with one attached hydrogen (secondary N) is 1. The Morgan fingerprint density at radius 1 is 1.03 bits per heavy atom. The smallest absolute Gasteiger partial charge is 0.304 e. The summed E-state index contributed by atoms with van der Waals surface area (Å²) in [6.45, 7) is 4.03. The fourth-order valence-corrected chi connectivity index (χ4v) is 3.98. The highest BCUT2D eigenvalue weighted by Crippen LogP contribution is 2.24. The Balaban J connectivity index is 1.44. The van der Waals surface area contributed by atoms with Gasteiger partial charge in [-0.25, -0.2) is 0 Å². The number of aromatic nitrogens is 4. The normalized spacial score (nSPS) is 10.9. The summed E-state index contributed by atoms with van der Waals surface area (Å²) in [5.41, 5.74) is 3.00. The van der Waals surface area contributed by atoms with E-state index in [9.17, 15) is 14.9 Å². The first kappa shape index (κ1) is 23.5. The molecule has 0 aliphatic heterocycles. The molecule has 9 nitrogen and oxygen atoms in total. The second kappa shape index (κ2) is 9.66. The second-order valence-corrected chi connectivity index (χ2v) is 8.51. The van der Waals surface area contributed by atoms with Crippen LogP contribution in [0.1, 0.15) is 32.9 Å². The number of nitrogens with zero attached hydrogens (tertiary/aromatic N) is 5. The number of carbonyl (C=O) groups is 1. The fraction of sp³-hybridized carbons (Fsp3) is 0.174. The van der Waals surface area contributed by atoms with Gasteiger partial charge in [0.2, 0.25) is 0 Å². The number of anilines is 1. The lowest BCUT2D eigenvalue weighted by molar-refractivity contribution is -0.386. The van der Waals surface area contributed by atoms with E-state index >= 15 is 0 Å². The Morgan fingerprint density at radius 2 is 1.74 bits per heavy atom. The zero-order valence-corrected chi connectivity index (χ0v) is 19.8. The van der Waals surface area contributed by atoms with Crippen molar-refractivity contribution < 1.29 is 9.72 Å². The first-order chi connectivity index (χ1) is 16.2. The SMILES string of the molecule is Cc1nn(Cc2ccc(C(=O)Nc3nn(Cc4ccccc4Cl)cc3Cl)cc2)c(C)c1[N+](=O)[O-]. The van der Waals surface area contributed by atoms with Crippen LogP contribution in [-0.2, 0) is 13.1 Å². The van der Waals surface area contributed by atoms with Crippen LogP contribution in [0, 0.1) is 24.0 Å². The van der Waals surface area contributed by atoms with Gasteiger partial charge in [-0.15, -0.1) is 0 Å². The molecular weight excluding hydrogens is 479 g/mol. The first-order valence-corrected chi connectivity index (χ1v) is 11.0. The summed E-state index contributed by atoms with van der Waals surface area (Å²) in [7, 11) is 0. The molecule has 0 saturated carbocycles. The van der Waals surface area contributed by atoms with Gasteiger partial charge in [-0.2, -0.15) is 10.2 Å². The molecule has 2 aromatic heterocycles. The summed E-state index contributed by atoms with van der Waals surface area (Å²) < 4.78 is 3.18. The van der Waals surface area contributed by atoms with Crippen molar-refractivity contribution in [2.75, 3.05) is 5.32 Å². The summed E-state index contributed by atoms with van der Waals surface area (Å²) in [5.74, 6) is -0.115. The van der Waals surface area contributed by atoms with Crippen LogP contribution in [0.15, 0.2) is 54.7 Å². The van der Waals surface area contributed by atoms with Crippen LogP contribution >= 0.6 is 23.2 Å². The Morgan fingerprint density at radius 3 is 2.38 bits per heavy atom. The molecule has 2 aromatic carbocycles. The van der Waals surface area contributed by atoms with Crippen LogP contribution in [0.5, 0.6) is 0 Å². The molecule has 174 valence electrons. The largest absolute Gasteiger partial charge is 0.312 e. The molecule has 0 spiro atoms. The van der Waals surface area contributed by atoms with Crippen molar-refractivity contribution in [3.8, 4) is 0 Å². The summed E-state index contributed by atoms with van der Waals surface area (Å²) in [4.78, 5) is 23.5. The maximum absolute atomic E-state index is 12.7. The highest BCUT2D eigenvalue weighted by Gasteiger charge is 2.21. The van der Waals surface area contributed by atoms with Crippen LogP contribution in [-0.4, -0.2) is 30.4 Å². The lowest BCUT2D eigenvalue weighted by Crippen LogP contribution is -2.13. The van der Waals surface area contributed by atoms with Crippen molar-refractivity contribution in [1.82, 2.24) is 19.6 Å². The molecule has 0 aliphatic carbocycles. The van der Waals surface area contributed by atoms with Crippen LogP contribution in [0.4, 0.5) is 11.5 Å². The van der Waals surface area contributed by atoms with E-state index in [1.807, 2.05) is 18.2 Å². The van der Waals surface area contributed by atoms with Crippen molar-refractivity contribution in [3.63, 3.8) is 0 Å². The van der Waals surface area contributed by atoms with Gasteiger partial charge < -0.3 is 5.32 Å². The maximum atomic E-state index is 12.7. The Bertz CT molecular complexity index is 1380. The van der Waals surface area contributed by atoms with Gasteiger partial charge in [-0.3, -0.25) is 24.3 Å². The summed E-state index contributed by atoms with van der Waals surface area (Å²) in [5, 5.41) is 23.4. The molecular formula is C23H20Cl2N6O3. The topological polar surface area (TPSA) is 108 Å². The number of benzene rings is 2. The van der Waals surface area contributed by atoms with Crippen molar-refractivity contribution in [2.24, 2.45) is 0 Å². The first-order valence-electron chi connectivity index (χ1n) is 10.3. The molecule has 0 radical (unpaired) electrons. The molecule has 1 amide bonds. The van der Waals surface area contributed by atoms with Crippen LogP contribution in [0.2, 0.25) is 10.0 Å². The lowest BCUT2D eigenvalue weighted by Gasteiger charge is -2.07. The minimum atomic E-state index is -0.428. The Hall–Kier alpha value is -3.69. The van der Waals surface area contributed by atoms with Crippen LogP contribution in [0.3, 0.4) is 0 Å². The number of nitro groups is 1. The molecule has 0 saturated heterocycles. The van der Waals surface area contributed by atoms with Crippen molar-refractivity contribution in [2.45, 2.75) is 26.9 Å². The molecule has 0 bridgehead atoms. The predicted molar refractivity (Wildman–Crippen MR) is 130 cm³/mol. The van der Waals surface area contributed by atoms with E-state index < -0.39 is 4.92 Å². The van der Waals surface area contributed by atoms with E-state index in [1.165, 1.54) is 0 Å². The number of hydrogen-bond acceptors (Lipinski definition) is 5. The van der Waals surface area contributed by atoms with E-state index in [1.54, 1.807) is 59.7 Å². The summed E-state index contributed by atoms with van der Waals surface area (Å²) in [6, 6.07) is 14.3. The molecule has 0 unspecified atom stereocenters.